The van der Waals surface area contributed by atoms with Crippen LogP contribution in [0, 0.1) is 0 Å². The average Bonchev–Trinajstić information content (AvgIpc) is 2.42. The number of rotatable bonds is 7. The Bertz CT molecular complexity index is 347. The molecule has 0 spiro atoms. The van der Waals surface area contributed by atoms with Crippen molar-refractivity contribution in [2.75, 3.05) is 19.6 Å². The molecule has 0 aromatic heterocycles. The number of amides is 1. The lowest BCUT2D eigenvalue weighted by Gasteiger charge is -2.31. The van der Waals surface area contributed by atoms with E-state index in [0.717, 1.165) is 19.5 Å². The van der Waals surface area contributed by atoms with E-state index < -0.39 is 5.60 Å². The molecule has 1 heterocycles. The Morgan fingerprint density at radius 2 is 2.00 bits per heavy atom. The Morgan fingerprint density at radius 3 is 2.52 bits per heavy atom. The van der Waals surface area contributed by atoms with Crippen molar-refractivity contribution in [2.45, 2.75) is 91.0 Å². The minimum atomic E-state index is -0.447. The molecule has 1 aliphatic heterocycles. The van der Waals surface area contributed by atoms with Crippen LogP contribution in [0.1, 0.15) is 67.2 Å². The van der Waals surface area contributed by atoms with Crippen LogP contribution in [0.3, 0.4) is 0 Å². The van der Waals surface area contributed by atoms with Gasteiger partial charge in [0.2, 0.25) is 0 Å². The third-order valence-electron chi connectivity index (χ3n) is 4.15. The first-order valence-corrected chi connectivity index (χ1v) is 9.15. The zero-order chi connectivity index (χ0) is 17.5. The van der Waals surface area contributed by atoms with Gasteiger partial charge in [0.25, 0.3) is 0 Å². The van der Waals surface area contributed by atoms with E-state index in [1.165, 1.54) is 19.3 Å². The third-order valence-corrected chi connectivity index (χ3v) is 4.15. The molecule has 0 aromatic rings. The maximum Gasteiger partial charge on any atom is 0.410 e. The summed E-state index contributed by atoms with van der Waals surface area (Å²) >= 11 is 0. The van der Waals surface area contributed by atoms with Crippen LogP contribution in [-0.2, 0) is 4.74 Å². The lowest BCUT2D eigenvalue weighted by molar-refractivity contribution is 0.0192. The summed E-state index contributed by atoms with van der Waals surface area (Å²) in [7, 11) is 0. The van der Waals surface area contributed by atoms with Crippen LogP contribution in [0.5, 0.6) is 0 Å². The number of carbonyl (C=O) groups excluding carboxylic acids is 1. The maximum atomic E-state index is 12.3. The highest BCUT2D eigenvalue weighted by Gasteiger charge is 2.24. The SMILES string of the molecule is CC(CC1CCCCN1)NCCN(C(=O)OC(C)(C)C)C(C)C. The summed E-state index contributed by atoms with van der Waals surface area (Å²) in [5.41, 5.74) is -0.447. The van der Waals surface area contributed by atoms with Gasteiger partial charge in [-0.1, -0.05) is 6.42 Å². The Kier molecular flexibility index (Phi) is 8.34. The van der Waals surface area contributed by atoms with Crippen LogP contribution in [0.25, 0.3) is 0 Å². The van der Waals surface area contributed by atoms with Gasteiger partial charge in [0.1, 0.15) is 5.60 Å². The number of ether oxygens (including phenoxy) is 1. The molecule has 1 saturated heterocycles. The molecule has 136 valence electrons. The van der Waals surface area contributed by atoms with E-state index in [1.807, 2.05) is 34.6 Å². The van der Waals surface area contributed by atoms with Crippen molar-refractivity contribution in [2.24, 2.45) is 0 Å². The smallest absolute Gasteiger partial charge is 0.410 e. The zero-order valence-electron chi connectivity index (χ0n) is 15.9. The summed E-state index contributed by atoms with van der Waals surface area (Å²) in [4.78, 5) is 14.1. The highest BCUT2D eigenvalue weighted by molar-refractivity contribution is 5.68. The number of hydrogen-bond donors (Lipinski definition) is 2. The van der Waals surface area contributed by atoms with Gasteiger partial charge in [-0.05, 0) is 67.3 Å². The molecule has 1 fully saturated rings. The molecule has 23 heavy (non-hydrogen) atoms. The van der Waals surface area contributed by atoms with Crippen molar-refractivity contribution in [3.8, 4) is 0 Å². The largest absolute Gasteiger partial charge is 0.444 e. The zero-order valence-corrected chi connectivity index (χ0v) is 15.9. The molecule has 1 aliphatic rings. The summed E-state index contributed by atoms with van der Waals surface area (Å²) in [6.45, 7) is 14.6. The monoisotopic (exact) mass is 327 g/mol. The number of nitrogens with one attached hydrogen (secondary N) is 2. The summed E-state index contributed by atoms with van der Waals surface area (Å²) in [6.07, 6.45) is 4.84. The number of carbonyl (C=O) groups is 1. The van der Waals surface area contributed by atoms with Gasteiger partial charge in [0, 0.05) is 31.2 Å². The molecule has 0 radical (unpaired) electrons. The maximum absolute atomic E-state index is 12.3. The van der Waals surface area contributed by atoms with Crippen molar-refractivity contribution in [1.29, 1.82) is 0 Å². The standard InChI is InChI=1S/C18H37N3O2/c1-14(2)21(17(22)23-18(4,5)6)12-11-19-15(3)13-16-9-7-8-10-20-16/h14-16,19-20H,7-13H2,1-6H3. The number of piperidine rings is 1. The van der Waals surface area contributed by atoms with E-state index in [0.29, 0.717) is 18.6 Å². The van der Waals surface area contributed by atoms with E-state index in [-0.39, 0.29) is 12.1 Å². The molecule has 0 aliphatic carbocycles. The minimum Gasteiger partial charge on any atom is -0.444 e. The fraction of sp³-hybridized carbons (Fsp3) is 0.944. The summed E-state index contributed by atoms with van der Waals surface area (Å²) in [5.74, 6) is 0. The Balaban J connectivity index is 2.32. The second-order valence-corrected chi connectivity index (χ2v) is 8.01. The quantitative estimate of drug-likeness (QED) is 0.754. The Labute approximate surface area is 142 Å². The molecule has 2 unspecified atom stereocenters. The summed E-state index contributed by atoms with van der Waals surface area (Å²) in [6, 6.07) is 1.23. The van der Waals surface area contributed by atoms with Gasteiger partial charge in [0.05, 0.1) is 0 Å². The van der Waals surface area contributed by atoms with Crippen LogP contribution < -0.4 is 10.6 Å². The predicted molar refractivity (Wildman–Crippen MR) is 95.8 cm³/mol. The first-order chi connectivity index (χ1) is 10.7. The summed E-state index contributed by atoms with van der Waals surface area (Å²) in [5, 5.41) is 7.13. The highest BCUT2D eigenvalue weighted by Crippen LogP contribution is 2.13. The first-order valence-electron chi connectivity index (χ1n) is 9.15. The average molecular weight is 328 g/mol. The van der Waals surface area contributed by atoms with Gasteiger partial charge in [0.15, 0.2) is 0 Å². The van der Waals surface area contributed by atoms with Gasteiger partial charge in [-0.25, -0.2) is 4.79 Å². The molecular formula is C18H37N3O2. The second-order valence-electron chi connectivity index (χ2n) is 8.01. The molecule has 2 N–H and O–H groups in total. The van der Waals surface area contributed by atoms with E-state index in [1.54, 1.807) is 4.90 Å². The molecule has 5 nitrogen and oxygen atoms in total. The molecular weight excluding hydrogens is 290 g/mol. The topological polar surface area (TPSA) is 53.6 Å². The fourth-order valence-electron chi connectivity index (χ4n) is 2.95. The molecule has 1 amide bonds. The van der Waals surface area contributed by atoms with Gasteiger partial charge in [-0.15, -0.1) is 0 Å². The van der Waals surface area contributed by atoms with Crippen LogP contribution in [0.15, 0.2) is 0 Å². The Morgan fingerprint density at radius 1 is 1.30 bits per heavy atom. The van der Waals surface area contributed by atoms with E-state index in [9.17, 15) is 4.79 Å². The van der Waals surface area contributed by atoms with Crippen LogP contribution in [-0.4, -0.2) is 54.4 Å². The van der Waals surface area contributed by atoms with E-state index in [4.69, 9.17) is 4.74 Å². The second kappa shape index (κ2) is 9.48. The summed E-state index contributed by atoms with van der Waals surface area (Å²) < 4.78 is 5.49. The van der Waals surface area contributed by atoms with Crippen LogP contribution in [0.4, 0.5) is 4.79 Å². The van der Waals surface area contributed by atoms with Crippen LogP contribution in [0.2, 0.25) is 0 Å². The lowest BCUT2D eigenvalue weighted by Crippen LogP contribution is -2.46. The van der Waals surface area contributed by atoms with Gasteiger partial charge in [-0.2, -0.15) is 0 Å². The molecule has 0 aromatic carbocycles. The van der Waals surface area contributed by atoms with Crippen LogP contribution >= 0.6 is 0 Å². The normalized spacial score (nSPS) is 20.4. The molecule has 0 saturated carbocycles. The molecule has 2 atom stereocenters. The molecule has 1 rings (SSSR count). The first kappa shape index (κ1) is 20.2. The van der Waals surface area contributed by atoms with Crippen molar-refractivity contribution in [3.63, 3.8) is 0 Å². The van der Waals surface area contributed by atoms with E-state index >= 15 is 0 Å². The molecule has 0 bridgehead atoms. The van der Waals surface area contributed by atoms with Gasteiger partial charge >= 0.3 is 6.09 Å². The van der Waals surface area contributed by atoms with E-state index in [2.05, 4.69) is 17.6 Å². The fourth-order valence-corrected chi connectivity index (χ4v) is 2.95. The highest BCUT2D eigenvalue weighted by atomic mass is 16.6. The molecule has 5 heteroatoms. The number of nitrogens with zero attached hydrogens (tertiary/aromatic N) is 1. The van der Waals surface area contributed by atoms with Crippen molar-refractivity contribution < 1.29 is 9.53 Å². The number of hydrogen-bond acceptors (Lipinski definition) is 4. The van der Waals surface area contributed by atoms with Gasteiger partial charge in [-0.3, -0.25) is 0 Å². The van der Waals surface area contributed by atoms with Crippen molar-refractivity contribution in [3.05, 3.63) is 0 Å². The van der Waals surface area contributed by atoms with Gasteiger partial charge < -0.3 is 20.3 Å². The predicted octanol–water partition coefficient (Wildman–Crippen LogP) is 3.14. The lowest BCUT2D eigenvalue weighted by atomic mass is 9.99. The van der Waals surface area contributed by atoms with Crippen molar-refractivity contribution >= 4 is 6.09 Å². The third kappa shape index (κ3) is 8.56. The minimum absolute atomic E-state index is 0.141. The Hall–Kier alpha value is -0.810. The van der Waals surface area contributed by atoms with Crippen molar-refractivity contribution in [1.82, 2.24) is 15.5 Å².